The van der Waals surface area contributed by atoms with Crippen molar-refractivity contribution in [2.24, 2.45) is 0 Å². The van der Waals surface area contributed by atoms with Gasteiger partial charge in [-0.3, -0.25) is 10.0 Å². The number of nitrogens with one attached hydrogen (secondary N) is 2. The molecule has 8 heteroatoms. The molecule has 1 heterocycles. The number of rotatable bonds is 3. The van der Waals surface area contributed by atoms with Crippen molar-refractivity contribution in [1.29, 1.82) is 0 Å². The molecule has 3 aromatic rings. The largest absolute Gasteiger partial charge is 0.354 e. The van der Waals surface area contributed by atoms with Crippen LogP contribution in [0.2, 0.25) is 5.02 Å². The lowest BCUT2D eigenvalue weighted by atomic mass is 10.2. The predicted octanol–water partition coefficient (Wildman–Crippen LogP) is 4.45. The molecular formula is C14H9ClFN3O2S. The zero-order valence-electron chi connectivity index (χ0n) is 11.0. The minimum absolute atomic E-state index is 0.295. The van der Waals surface area contributed by atoms with Crippen molar-refractivity contribution >= 4 is 46.4 Å². The first-order chi connectivity index (χ1) is 10.6. The zero-order chi connectivity index (χ0) is 15.5. The highest BCUT2D eigenvalue weighted by Gasteiger charge is 2.11. The van der Waals surface area contributed by atoms with Gasteiger partial charge in [0.25, 0.3) is 0 Å². The number of urea groups is 1. The van der Waals surface area contributed by atoms with E-state index >= 15 is 0 Å². The summed E-state index contributed by atoms with van der Waals surface area (Å²) in [7, 11) is 0. The van der Waals surface area contributed by atoms with Gasteiger partial charge < -0.3 is 4.52 Å². The van der Waals surface area contributed by atoms with Crippen LogP contribution in [0.25, 0.3) is 11.0 Å². The highest BCUT2D eigenvalue weighted by molar-refractivity contribution is 7.98. The first-order valence-electron chi connectivity index (χ1n) is 6.16. The molecule has 0 spiro atoms. The van der Waals surface area contributed by atoms with Crippen LogP contribution in [0.3, 0.4) is 0 Å². The first kappa shape index (κ1) is 14.7. The van der Waals surface area contributed by atoms with Gasteiger partial charge in [-0.1, -0.05) is 16.8 Å². The van der Waals surface area contributed by atoms with Gasteiger partial charge in [-0.2, -0.15) is 0 Å². The molecule has 5 nitrogen and oxygen atoms in total. The molecule has 0 saturated carbocycles. The van der Waals surface area contributed by atoms with Crippen LogP contribution in [-0.2, 0) is 0 Å². The van der Waals surface area contributed by atoms with Crippen LogP contribution in [0.5, 0.6) is 0 Å². The molecular weight excluding hydrogens is 329 g/mol. The Kier molecular flexibility index (Phi) is 4.17. The second-order valence-corrected chi connectivity index (χ2v) is 5.60. The summed E-state index contributed by atoms with van der Waals surface area (Å²) in [6.45, 7) is 0. The van der Waals surface area contributed by atoms with Crippen molar-refractivity contribution in [3.8, 4) is 0 Å². The van der Waals surface area contributed by atoms with Crippen molar-refractivity contribution in [2.45, 2.75) is 4.90 Å². The Morgan fingerprint density at radius 2 is 2.00 bits per heavy atom. The van der Waals surface area contributed by atoms with Crippen LogP contribution in [0.15, 0.2) is 51.9 Å². The minimum Gasteiger partial charge on any atom is -0.354 e. The quantitative estimate of drug-likeness (QED) is 0.693. The molecule has 0 unspecified atom stereocenters. The van der Waals surface area contributed by atoms with E-state index in [-0.39, 0.29) is 5.82 Å². The number of hydrogen-bond acceptors (Lipinski definition) is 4. The average Bonchev–Trinajstić information content (AvgIpc) is 2.89. The summed E-state index contributed by atoms with van der Waals surface area (Å²) in [5.74, 6) is -0.0367. The third-order valence-corrected chi connectivity index (χ3v) is 3.77. The third kappa shape index (κ3) is 3.32. The highest BCUT2D eigenvalue weighted by atomic mass is 35.5. The third-order valence-electron chi connectivity index (χ3n) is 2.74. The molecule has 0 fully saturated rings. The van der Waals surface area contributed by atoms with Crippen molar-refractivity contribution in [1.82, 2.24) is 9.88 Å². The fourth-order valence-corrected chi connectivity index (χ4v) is 2.44. The fraction of sp³-hybridized carbons (Fsp3) is 0. The number of nitrogens with zero attached hydrogens (tertiary/aromatic N) is 1. The molecule has 0 aliphatic heterocycles. The van der Waals surface area contributed by atoms with E-state index in [2.05, 4.69) is 15.2 Å². The number of fused-ring (bicyclic) bond motifs is 1. The van der Waals surface area contributed by atoms with E-state index < -0.39 is 6.03 Å². The second kappa shape index (κ2) is 6.25. The molecule has 0 atom stereocenters. The van der Waals surface area contributed by atoms with E-state index in [9.17, 15) is 9.18 Å². The lowest BCUT2D eigenvalue weighted by Crippen LogP contribution is -2.22. The van der Waals surface area contributed by atoms with E-state index in [0.717, 1.165) is 11.9 Å². The molecule has 0 aliphatic carbocycles. The van der Waals surface area contributed by atoms with E-state index in [1.807, 2.05) is 0 Å². The smallest absolute Gasteiger partial charge is 0.330 e. The van der Waals surface area contributed by atoms with Crippen molar-refractivity contribution in [3.63, 3.8) is 0 Å². The van der Waals surface area contributed by atoms with Gasteiger partial charge in [-0.15, -0.1) is 0 Å². The summed E-state index contributed by atoms with van der Waals surface area (Å²) in [4.78, 5) is 12.5. The van der Waals surface area contributed by atoms with Crippen molar-refractivity contribution < 1.29 is 13.7 Å². The number of carbonyl (C=O) groups excluding carboxylic acids is 1. The Balaban J connectivity index is 1.64. The lowest BCUT2D eigenvalue weighted by Gasteiger charge is -2.04. The van der Waals surface area contributed by atoms with Crippen LogP contribution in [0.4, 0.5) is 15.0 Å². The molecule has 0 aliphatic rings. The maximum absolute atomic E-state index is 12.8. The first-order valence-corrected chi connectivity index (χ1v) is 7.35. The number of carbonyl (C=O) groups is 1. The number of benzene rings is 2. The molecule has 22 heavy (non-hydrogen) atoms. The standard InChI is InChI=1S/C14H9ClFN3O2S/c15-8-1-6-11-12(7-8)21-18-13(11)17-14(20)19-22-10-4-2-9(16)3-5-10/h1-7H,(H2,17,18,19,20). The summed E-state index contributed by atoms with van der Waals surface area (Å²) >= 11 is 6.90. The molecule has 1 aromatic heterocycles. The maximum Gasteiger partial charge on any atom is 0.330 e. The summed E-state index contributed by atoms with van der Waals surface area (Å²) in [6, 6.07) is 10.3. The van der Waals surface area contributed by atoms with Gasteiger partial charge >= 0.3 is 6.03 Å². The monoisotopic (exact) mass is 337 g/mol. The van der Waals surface area contributed by atoms with Gasteiger partial charge in [0.05, 0.1) is 5.39 Å². The Labute approximate surface area is 133 Å². The van der Waals surface area contributed by atoms with Gasteiger partial charge in [0.15, 0.2) is 11.4 Å². The molecule has 112 valence electrons. The van der Waals surface area contributed by atoms with Crippen LogP contribution >= 0.6 is 23.5 Å². The number of amides is 2. The summed E-state index contributed by atoms with van der Waals surface area (Å²) < 4.78 is 20.4. The number of aromatic nitrogens is 1. The van der Waals surface area contributed by atoms with Gasteiger partial charge in [0.1, 0.15) is 5.82 Å². The van der Waals surface area contributed by atoms with E-state index in [0.29, 0.717) is 26.7 Å². The van der Waals surface area contributed by atoms with Gasteiger partial charge in [0, 0.05) is 16.0 Å². The average molecular weight is 338 g/mol. The Morgan fingerprint density at radius 3 is 2.77 bits per heavy atom. The topological polar surface area (TPSA) is 67.2 Å². The number of anilines is 1. The SMILES string of the molecule is O=C(NSc1ccc(F)cc1)Nc1noc2cc(Cl)ccc12. The summed E-state index contributed by atoms with van der Waals surface area (Å²) in [6.07, 6.45) is 0. The van der Waals surface area contributed by atoms with Crippen LogP contribution < -0.4 is 10.0 Å². The summed E-state index contributed by atoms with van der Waals surface area (Å²) in [5.41, 5.74) is 0.481. The highest BCUT2D eigenvalue weighted by Crippen LogP contribution is 2.25. The molecule has 0 saturated heterocycles. The van der Waals surface area contributed by atoms with Crippen LogP contribution in [0.1, 0.15) is 0 Å². The van der Waals surface area contributed by atoms with Crippen molar-refractivity contribution in [2.75, 3.05) is 5.32 Å². The zero-order valence-corrected chi connectivity index (χ0v) is 12.5. The Bertz CT molecular complexity index is 823. The lowest BCUT2D eigenvalue weighted by molar-refractivity contribution is 0.257. The van der Waals surface area contributed by atoms with E-state index in [1.54, 1.807) is 30.3 Å². The Morgan fingerprint density at radius 1 is 1.23 bits per heavy atom. The molecule has 2 amide bonds. The Hall–Kier alpha value is -2.25. The number of hydrogen-bond donors (Lipinski definition) is 2. The van der Waals surface area contributed by atoms with E-state index in [4.69, 9.17) is 16.1 Å². The minimum atomic E-state index is -0.473. The van der Waals surface area contributed by atoms with Crippen LogP contribution in [-0.4, -0.2) is 11.2 Å². The summed E-state index contributed by atoms with van der Waals surface area (Å²) in [5, 5.41) is 7.52. The second-order valence-electron chi connectivity index (χ2n) is 4.28. The predicted molar refractivity (Wildman–Crippen MR) is 83.4 cm³/mol. The van der Waals surface area contributed by atoms with Gasteiger partial charge in [-0.25, -0.2) is 9.18 Å². The molecule has 2 N–H and O–H groups in total. The van der Waals surface area contributed by atoms with Gasteiger partial charge in [-0.05, 0) is 48.3 Å². The fourth-order valence-electron chi connectivity index (χ4n) is 1.74. The molecule has 0 radical (unpaired) electrons. The molecule has 3 rings (SSSR count). The maximum atomic E-state index is 12.8. The normalized spacial score (nSPS) is 10.6. The molecule has 2 aromatic carbocycles. The van der Waals surface area contributed by atoms with E-state index in [1.165, 1.54) is 12.1 Å². The number of halogens is 2. The molecule has 0 bridgehead atoms. The van der Waals surface area contributed by atoms with Gasteiger partial charge in [0.2, 0.25) is 0 Å². The van der Waals surface area contributed by atoms with Crippen molar-refractivity contribution in [3.05, 3.63) is 53.3 Å². The van der Waals surface area contributed by atoms with Crippen LogP contribution in [0, 0.1) is 5.82 Å².